The van der Waals surface area contributed by atoms with Gasteiger partial charge in [0.1, 0.15) is 0 Å². The third kappa shape index (κ3) is 8.42. The van der Waals surface area contributed by atoms with Crippen LogP contribution in [0.2, 0.25) is 0 Å². The molecule has 0 amide bonds. The van der Waals surface area contributed by atoms with E-state index in [2.05, 4.69) is 299 Å². The van der Waals surface area contributed by atoms with E-state index in [1.54, 1.807) is 0 Å². The van der Waals surface area contributed by atoms with Crippen LogP contribution < -0.4 is 9.80 Å². The molecule has 0 aliphatic rings. The van der Waals surface area contributed by atoms with Crippen molar-refractivity contribution in [2.24, 2.45) is 0 Å². The molecule has 0 N–H and O–H groups in total. The van der Waals surface area contributed by atoms with Crippen LogP contribution >= 0.6 is 0 Å². The lowest BCUT2D eigenvalue weighted by atomic mass is 9.99. The summed E-state index contributed by atoms with van der Waals surface area (Å²) in [5.41, 5.74) is 18.3. The Labute approximate surface area is 447 Å². The van der Waals surface area contributed by atoms with Crippen LogP contribution in [0, 0.1) is 0 Å². The molecule has 14 aromatic rings. The quantitative estimate of drug-likeness (QED) is 0.129. The molecule has 0 aliphatic heterocycles. The smallest absolute Gasteiger partial charge is 0.160 e. The molecule has 2 heterocycles. The normalized spacial score (nSPS) is 11.4. The molecular formula is C72H49N5. The molecule has 14 rings (SSSR count). The zero-order valence-electron chi connectivity index (χ0n) is 42.0. The van der Waals surface area contributed by atoms with E-state index in [0.29, 0.717) is 5.82 Å². The molecular weight excluding hydrogens is 935 g/mol. The van der Waals surface area contributed by atoms with Crippen LogP contribution in [0.5, 0.6) is 0 Å². The number of rotatable bonds is 11. The van der Waals surface area contributed by atoms with Crippen molar-refractivity contribution in [1.82, 2.24) is 14.5 Å². The van der Waals surface area contributed by atoms with Crippen LogP contribution in [0.4, 0.5) is 34.1 Å². The van der Waals surface area contributed by atoms with Gasteiger partial charge in [0, 0.05) is 66.8 Å². The maximum absolute atomic E-state index is 5.30. The average molecular weight is 984 g/mol. The van der Waals surface area contributed by atoms with Gasteiger partial charge in [-0.3, -0.25) is 0 Å². The molecule has 0 saturated heterocycles. The molecule has 0 bridgehead atoms. The molecule has 0 saturated carbocycles. The van der Waals surface area contributed by atoms with E-state index in [-0.39, 0.29) is 0 Å². The van der Waals surface area contributed by atoms with Crippen molar-refractivity contribution < 1.29 is 0 Å². The highest BCUT2D eigenvalue weighted by Gasteiger charge is 2.20. The Hall–Kier alpha value is -10.4. The fourth-order valence-electron chi connectivity index (χ4n) is 11.1. The molecule has 0 spiro atoms. The summed E-state index contributed by atoms with van der Waals surface area (Å²) >= 11 is 0. The molecule has 362 valence electrons. The van der Waals surface area contributed by atoms with E-state index < -0.39 is 0 Å². The molecule has 0 radical (unpaired) electrons. The fraction of sp³-hybridized carbons (Fsp3) is 0. The molecule has 5 nitrogen and oxygen atoms in total. The van der Waals surface area contributed by atoms with Gasteiger partial charge in [0.2, 0.25) is 0 Å². The Morgan fingerprint density at radius 1 is 0.273 bits per heavy atom. The van der Waals surface area contributed by atoms with Gasteiger partial charge in [0.05, 0.1) is 27.9 Å². The van der Waals surface area contributed by atoms with Crippen molar-refractivity contribution >= 4 is 77.6 Å². The highest BCUT2D eigenvalue weighted by Crippen LogP contribution is 2.43. The largest absolute Gasteiger partial charge is 0.311 e. The summed E-state index contributed by atoms with van der Waals surface area (Å²) in [6.07, 6.45) is 0. The Morgan fingerprint density at radius 3 is 1.48 bits per heavy atom. The number of benzene rings is 12. The summed E-state index contributed by atoms with van der Waals surface area (Å²) in [7, 11) is 0. The maximum Gasteiger partial charge on any atom is 0.160 e. The van der Waals surface area contributed by atoms with E-state index in [4.69, 9.17) is 9.97 Å². The second kappa shape index (κ2) is 19.5. The van der Waals surface area contributed by atoms with Crippen molar-refractivity contribution in [1.29, 1.82) is 0 Å². The number of nitrogens with zero attached hydrogens (tertiary/aromatic N) is 5. The van der Waals surface area contributed by atoms with Crippen LogP contribution in [0.15, 0.2) is 297 Å². The molecule has 0 aliphatic carbocycles. The van der Waals surface area contributed by atoms with Gasteiger partial charge >= 0.3 is 0 Å². The highest BCUT2D eigenvalue weighted by molar-refractivity contribution is 6.10. The fourth-order valence-corrected chi connectivity index (χ4v) is 11.1. The van der Waals surface area contributed by atoms with Gasteiger partial charge in [-0.25, -0.2) is 9.97 Å². The molecule has 0 atom stereocenters. The SMILES string of the molecule is c1ccc(-c2ccc(-c3nc(-c4cccc(-c5ccc6c7ccccc7n(-c7ccc(N(c8ccc(N(c9ccccc9)c9ccccc9)cc8)c8cccc9ccccc89)cc7)c6c5)c4)nc4ccccc34)cc2)cc1. The van der Waals surface area contributed by atoms with E-state index in [1.807, 2.05) is 12.1 Å². The van der Waals surface area contributed by atoms with Crippen molar-refractivity contribution in [3.8, 4) is 50.6 Å². The highest BCUT2D eigenvalue weighted by atomic mass is 15.2. The summed E-state index contributed by atoms with van der Waals surface area (Å²) in [5.74, 6) is 0.692. The lowest BCUT2D eigenvalue weighted by Gasteiger charge is -2.29. The first-order chi connectivity index (χ1) is 38.2. The zero-order valence-corrected chi connectivity index (χ0v) is 42.0. The monoisotopic (exact) mass is 983 g/mol. The van der Waals surface area contributed by atoms with Gasteiger partial charge in [0.25, 0.3) is 0 Å². The number of hydrogen-bond donors (Lipinski definition) is 0. The van der Waals surface area contributed by atoms with Crippen LogP contribution in [0.1, 0.15) is 0 Å². The van der Waals surface area contributed by atoms with Gasteiger partial charge < -0.3 is 14.4 Å². The Kier molecular flexibility index (Phi) is 11.5. The van der Waals surface area contributed by atoms with Gasteiger partial charge in [-0.05, 0) is 131 Å². The second-order valence-corrected chi connectivity index (χ2v) is 19.4. The van der Waals surface area contributed by atoms with E-state index in [9.17, 15) is 0 Å². The topological polar surface area (TPSA) is 37.2 Å². The van der Waals surface area contributed by atoms with Crippen LogP contribution in [0.25, 0.3) is 94.1 Å². The lowest BCUT2D eigenvalue weighted by molar-refractivity contribution is 1.17. The summed E-state index contributed by atoms with van der Waals surface area (Å²) in [6, 6.07) is 106. The molecule has 5 heteroatoms. The van der Waals surface area contributed by atoms with Crippen LogP contribution in [-0.2, 0) is 0 Å². The first kappa shape index (κ1) is 45.3. The molecule has 2 aromatic heterocycles. The van der Waals surface area contributed by atoms with Gasteiger partial charge in [-0.2, -0.15) is 0 Å². The first-order valence-corrected chi connectivity index (χ1v) is 26.1. The number of para-hydroxylation sites is 4. The predicted molar refractivity (Wildman–Crippen MR) is 322 cm³/mol. The average Bonchev–Trinajstić information content (AvgIpc) is 3.89. The molecule has 12 aromatic carbocycles. The maximum atomic E-state index is 5.30. The molecule has 0 unspecified atom stereocenters. The van der Waals surface area contributed by atoms with Crippen molar-refractivity contribution in [3.63, 3.8) is 0 Å². The Morgan fingerprint density at radius 2 is 0.753 bits per heavy atom. The first-order valence-electron chi connectivity index (χ1n) is 26.1. The second-order valence-electron chi connectivity index (χ2n) is 19.4. The van der Waals surface area contributed by atoms with Crippen molar-refractivity contribution in [3.05, 3.63) is 297 Å². The van der Waals surface area contributed by atoms with E-state index >= 15 is 0 Å². The minimum absolute atomic E-state index is 0.692. The third-order valence-corrected chi connectivity index (χ3v) is 14.8. The minimum Gasteiger partial charge on any atom is -0.311 e. The van der Waals surface area contributed by atoms with Gasteiger partial charge in [-0.15, -0.1) is 0 Å². The van der Waals surface area contributed by atoms with Gasteiger partial charge in [-0.1, -0.05) is 194 Å². The standard InChI is InChI=1S/C72H49N5/c1-4-18-50(19-5-1)51-34-36-53(37-35-51)71-66-30-12-14-31-67(66)73-72(74-71)56-23-16-22-54(48-56)55-38-47-65-64-29-13-15-32-69(64)77(70(65)49-55)62-45-43-61(44-46-62)76(68-33-17-21-52-20-10-11-28-63(52)68)60-41-39-59(40-42-60)75(57-24-6-2-7-25-57)58-26-8-3-9-27-58/h1-49H. The Bertz CT molecular complexity index is 4370. The van der Waals surface area contributed by atoms with Crippen LogP contribution in [0.3, 0.4) is 0 Å². The van der Waals surface area contributed by atoms with E-state index in [1.165, 1.54) is 32.7 Å². The number of fused-ring (bicyclic) bond motifs is 5. The van der Waals surface area contributed by atoms with Crippen molar-refractivity contribution in [2.45, 2.75) is 0 Å². The molecule has 77 heavy (non-hydrogen) atoms. The van der Waals surface area contributed by atoms with Crippen LogP contribution in [-0.4, -0.2) is 14.5 Å². The number of hydrogen-bond acceptors (Lipinski definition) is 4. The molecule has 0 fully saturated rings. The number of aromatic nitrogens is 3. The van der Waals surface area contributed by atoms with E-state index in [0.717, 1.165) is 89.7 Å². The predicted octanol–water partition coefficient (Wildman–Crippen LogP) is 19.5. The van der Waals surface area contributed by atoms with Gasteiger partial charge in [0.15, 0.2) is 5.82 Å². The summed E-state index contributed by atoms with van der Waals surface area (Å²) in [6.45, 7) is 0. The van der Waals surface area contributed by atoms with Crippen molar-refractivity contribution in [2.75, 3.05) is 9.80 Å². The summed E-state index contributed by atoms with van der Waals surface area (Å²) < 4.78 is 2.41. The summed E-state index contributed by atoms with van der Waals surface area (Å²) in [4.78, 5) is 15.1. The zero-order chi connectivity index (χ0) is 51.1. The third-order valence-electron chi connectivity index (χ3n) is 14.8. The minimum atomic E-state index is 0.692. The Balaban J connectivity index is 0.840. The summed E-state index contributed by atoms with van der Waals surface area (Å²) in [5, 5.41) is 5.80. The lowest BCUT2D eigenvalue weighted by Crippen LogP contribution is -2.12. The number of anilines is 6.